The lowest BCUT2D eigenvalue weighted by Gasteiger charge is -2.15. The largest absolute Gasteiger partial charge is 0.497 e. The molecule has 0 amide bonds. The summed E-state index contributed by atoms with van der Waals surface area (Å²) in [7, 11) is 3.92. The lowest BCUT2D eigenvalue weighted by atomic mass is 10.1. The quantitative estimate of drug-likeness (QED) is 0.685. The van der Waals surface area contributed by atoms with E-state index in [1.165, 1.54) is 37.9 Å². The molecule has 0 fully saturated rings. The molecule has 0 saturated carbocycles. The van der Waals surface area contributed by atoms with Crippen LogP contribution in [0.3, 0.4) is 0 Å². The van der Waals surface area contributed by atoms with E-state index in [0.29, 0.717) is 0 Å². The third-order valence-electron chi connectivity index (χ3n) is 3.06. The van der Waals surface area contributed by atoms with Crippen LogP contribution >= 0.6 is 0 Å². The molecule has 0 N–H and O–H groups in total. The fourth-order valence-corrected chi connectivity index (χ4v) is 1.89. The van der Waals surface area contributed by atoms with Gasteiger partial charge >= 0.3 is 0 Å². The minimum absolute atomic E-state index is 0.939. The molecule has 0 radical (unpaired) electrons. The number of ether oxygens (including phenoxy) is 1. The molecule has 0 unspecified atom stereocenters. The van der Waals surface area contributed by atoms with Crippen molar-refractivity contribution in [1.29, 1.82) is 0 Å². The molecule has 2 heteroatoms. The third-order valence-corrected chi connectivity index (χ3v) is 3.06. The monoisotopic (exact) mass is 235 g/mol. The Balaban J connectivity index is 2.21. The highest BCUT2D eigenvalue weighted by molar-refractivity contribution is 5.27. The first-order valence-electron chi connectivity index (χ1n) is 6.57. The van der Waals surface area contributed by atoms with Crippen LogP contribution in [-0.2, 0) is 6.42 Å². The van der Waals surface area contributed by atoms with Crippen LogP contribution in [0.1, 0.15) is 31.7 Å². The second-order valence-electron chi connectivity index (χ2n) is 4.61. The molecule has 17 heavy (non-hydrogen) atoms. The zero-order valence-electron chi connectivity index (χ0n) is 11.4. The molecular formula is C15H25NO. The van der Waals surface area contributed by atoms with Crippen molar-refractivity contribution in [2.45, 2.75) is 32.6 Å². The number of hydrogen-bond donors (Lipinski definition) is 0. The molecule has 2 nitrogen and oxygen atoms in total. The highest BCUT2D eigenvalue weighted by Crippen LogP contribution is 2.12. The summed E-state index contributed by atoms with van der Waals surface area (Å²) >= 11 is 0. The predicted octanol–water partition coefficient (Wildman–Crippen LogP) is 3.36. The van der Waals surface area contributed by atoms with Gasteiger partial charge in [0.1, 0.15) is 5.75 Å². The molecule has 0 aliphatic carbocycles. The maximum atomic E-state index is 5.15. The number of hydrogen-bond acceptors (Lipinski definition) is 2. The second kappa shape index (κ2) is 8.13. The highest BCUT2D eigenvalue weighted by atomic mass is 16.5. The van der Waals surface area contributed by atoms with Gasteiger partial charge < -0.3 is 9.64 Å². The molecule has 0 saturated heterocycles. The van der Waals surface area contributed by atoms with Crippen LogP contribution in [-0.4, -0.2) is 32.1 Å². The average Bonchev–Trinajstić information content (AvgIpc) is 2.37. The number of benzene rings is 1. The first-order valence-corrected chi connectivity index (χ1v) is 6.57. The Morgan fingerprint density at radius 2 is 1.71 bits per heavy atom. The summed E-state index contributed by atoms with van der Waals surface area (Å²) in [6.45, 7) is 4.65. The number of methoxy groups -OCH3 is 1. The normalized spacial score (nSPS) is 10.8. The Kier molecular flexibility index (Phi) is 6.71. The third kappa shape index (κ3) is 5.73. The zero-order valence-corrected chi connectivity index (χ0v) is 11.4. The van der Waals surface area contributed by atoms with Gasteiger partial charge in [0.25, 0.3) is 0 Å². The zero-order chi connectivity index (χ0) is 12.5. The summed E-state index contributed by atoms with van der Waals surface area (Å²) in [5.74, 6) is 0.939. The van der Waals surface area contributed by atoms with Crippen LogP contribution in [0.4, 0.5) is 0 Å². The van der Waals surface area contributed by atoms with Gasteiger partial charge in [-0.15, -0.1) is 0 Å². The van der Waals surface area contributed by atoms with E-state index in [2.05, 4.69) is 31.0 Å². The van der Waals surface area contributed by atoms with Crippen molar-refractivity contribution >= 4 is 0 Å². The van der Waals surface area contributed by atoms with Gasteiger partial charge in [-0.05, 0) is 57.1 Å². The van der Waals surface area contributed by atoms with Crippen molar-refractivity contribution in [3.8, 4) is 5.75 Å². The van der Waals surface area contributed by atoms with Gasteiger partial charge in [-0.2, -0.15) is 0 Å². The molecule has 0 aromatic heterocycles. The Morgan fingerprint density at radius 3 is 2.29 bits per heavy atom. The van der Waals surface area contributed by atoms with E-state index < -0.39 is 0 Å². The molecule has 0 bridgehead atoms. The van der Waals surface area contributed by atoms with E-state index in [1.54, 1.807) is 7.11 Å². The molecule has 0 atom stereocenters. The first kappa shape index (κ1) is 14.0. The molecular weight excluding hydrogens is 210 g/mol. The van der Waals surface area contributed by atoms with Crippen LogP contribution < -0.4 is 4.74 Å². The maximum Gasteiger partial charge on any atom is 0.118 e. The lowest BCUT2D eigenvalue weighted by molar-refractivity contribution is 0.323. The molecule has 1 aromatic carbocycles. The minimum Gasteiger partial charge on any atom is -0.497 e. The van der Waals surface area contributed by atoms with Gasteiger partial charge in [0.05, 0.1) is 7.11 Å². The topological polar surface area (TPSA) is 12.5 Å². The van der Waals surface area contributed by atoms with Crippen LogP contribution in [0.25, 0.3) is 0 Å². The molecule has 0 aliphatic heterocycles. The Labute approximate surface area is 106 Å². The van der Waals surface area contributed by atoms with Crippen molar-refractivity contribution in [3.05, 3.63) is 29.8 Å². The van der Waals surface area contributed by atoms with Crippen molar-refractivity contribution in [3.63, 3.8) is 0 Å². The minimum atomic E-state index is 0.939. The fourth-order valence-electron chi connectivity index (χ4n) is 1.89. The van der Waals surface area contributed by atoms with Crippen molar-refractivity contribution in [1.82, 2.24) is 4.90 Å². The lowest BCUT2D eigenvalue weighted by Crippen LogP contribution is -2.21. The Morgan fingerprint density at radius 1 is 1.06 bits per heavy atom. The summed E-state index contributed by atoms with van der Waals surface area (Å²) in [6, 6.07) is 8.39. The summed E-state index contributed by atoms with van der Waals surface area (Å²) in [5, 5.41) is 0. The molecule has 0 spiro atoms. The number of unbranched alkanes of at least 4 members (excludes halogenated alkanes) is 1. The number of aryl methyl sites for hydroxylation is 1. The average molecular weight is 235 g/mol. The summed E-state index contributed by atoms with van der Waals surface area (Å²) in [5.41, 5.74) is 1.40. The van der Waals surface area contributed by atoms with Crippen molar-refractivity contribution < 1.29 is 4.74 Å². The molecule has 0 heterocycles. The molecule has 1 rings (SSSR count). The van der Waals surface area contributed by atoms with Crippen molar-refractivity contribution in [2.75, 3.05) is 27.2 Å². The summed E-state index contributed by atoms with van der Waals surface area (Å²) in [4.78, 5) is 2.42. The highest BCUT2D eigenvalue weighted by Gasteiger charge is 1.99. The van der Waals surface area contributed by atoms with E-state index in [1.807, 2.05) is 12.1 Å². The predicted molar refractivity (Wildman–Crippen MR) is 73.7 cm³/mol. The van der Waals surface area contributed by atoms with Crippen LogP contribution in [0, 0.1) is 0 Å². The standard InChI is InChI=1S/C15H25NO/c1-4-5-12-16(2)13-6-7-14-8-10-15(17-3)11-9-14/h8-11H,4-7,12-13H2,1-3H3. The molecule has 96 valence electrons. The molecule has 1 aromatic rings. The fraction of sp³-hybridized carbons (Fsp3) is 0.600. The Hall–Kier alpha value is -1.02. The summed E-state index contributed by atoms with van der Waals surface area (Å²) < 4.78 is 5.15. The van der Waals surface area contributed by atoms with Crippen LogP contribution in [0.5, 0.6) is 5.75 Å². The molecule has 0 aliphatic rings. The van der Waals surface area contributed by atoms with Crippen molar-refractivity contribution in [2.24, 2.45) is 0 Å². The SMILES string of the molecule is CCCCN(C)CCCc1ccc(OC)cc1. The van der Waals surface area contributed by atoms with E-state index in [9.17, 15) is 0 Å². The van der Waals surface area contributed by atoms with Gasteiger partial charge in [-0.25, -0.2) is 0 Å². The van der Waals surface area contributed by atoms with E-state index in [4.69, 9.17) is 4.74 Å². The smallest absolute Gasteiger partial charge is 0.118 e. The van der Waals surface area contributed by atoms with E-state index in [-0.39, 0.29) is 0 Å². The van der Waals surface area contributed by atoms with Gasteiger partial charge in [-0.1, -0.05) is 25.5 Å². The number of rotatable bonds is 8. The van der Waals surface area contributed by atoms with Gasteiger partial charge in [0.2, 0.25) is 0 Å². The first-order chi connectivity index (χ1) is 8.26. The number of nitrogens with zero attached hydrogens (tertiary/aromatic N) is 1. The van der Waals surface area contributed by atoms with Crippen LogP contribution in [0.15, 0.2) is 24.3 Å². The van der Waals surface area contributed by atoms with E-state index in [0.717, 1.165) is 12.2 Å². The van der Waals surface area contributed by atoms with Crippen LogP contribution in [0.2, 0.25) is 0 Å². The van der Waals surface area contributed by atoms with Gasteiger partial charge in [-0.3, -0.25) is 0 Å². The van der Waals surface area contributed by atoms with E-state index >= 15 is 0 Å². The maximum absolute atomic E-state index is 5.15. The Bertz CT molecular complexity index is 294. The summed E-state index contributed by atoms with van der Waals surface area (Å²) in [6.07, 6.45) is 4.97. The second-order valence-corrected chi connectivity index (χ2v) is 4.61. The van der Waals surface area contributed by atoms with Gasteiger partial charge in [0.15, 0.2) is 0 Å². The van der Waals surface area contributed by atoms with Gasteiger partial charge in [0, 0.05) is 0 Å².